The molecule has 1 aromatic heterocycles. The summed E-state index contributed by atoms with van der Waals surface area (Å²) in [4.78, 5) is 29.1. The molecule has 2 heterocycles. The van der Waals surface area contributed by atoms with Crippen LogP contribution in [-0.2, 0) is 17.9 Å². The van der Waals surface area contributed by atoms with E-state index >= 15 is 0 Å². The van der Waals surface area contributed by atoms with Crippen molar-refractivity contribution in [1.29, 1.82) is 0 Å². The van der Waals surface area contributed by atoms with Crippen LogP contribution in [0.15, 0.2) is 48.8 Å². The first-order chi connectivity index (χ1) is 15.4. The second-order valence-electron chi connectivity index (χ2n) is 7.80. The molecule has 0 aliphatic carbocycles. The van der Waals surface area contributed by atoms with E-state index in [1.807, 2.05) is 43.7 Å². The van der Waals surface area contributed by atoms with Crippen LogP contribution in [0.2, 0.25) is 0 Å². The number of carboxylic acid groups (broad SMARTS) is 1. The van der Waals surface area contributed by atoms with Gasteiger partial charge in [-0.3, -0.25) is 9.59 Å². The Morgan fingerprint density at radius 3 is 2.56 bits per heavy atom. The average molecular weight is 437 g/mol. The molecule has 3 aromatic rings. The van der Waals surface area contributed by atoms with Crippen LogP contribution < -0.4 is 4.74 Å². The Balaban J connectivity index is 0.000000913. The Labute approximate surface area is 187 Å². The van der Waals surface area contributed by atoms with Crippen molar-refractivity contribution in [3.8, 4) is 28.3 Å². The molecule has 0 spiro atoms. The maximum Gasteiger partial charge on any atom is 0.290 e. The van der Waals surface area contributed by atoms with Crippen molar-refractivity contribution in [3.05, 3.63) is 59.9 Å². The number of amides is 1. The van der Waals surface area contributed by atoms with Crippen LogP contribution in [0.4, 0.5) is 0 Å². The SMILES string of the molecule is COc1ccc(-c2nccn2CCN(C)C)cc1-c1ccc2c(c1)CN(C)C2=O.O=CO. The van der Waals surface area contributed by atoms with E-state index < -0.39 is 0 Å². The lowest BCUT2D eigenvalue weighted by molar-refractivity contribution is -0.122. The smallest absolute Gasteiger partial charge is 0.290 e. The molecular weight excluding hydrogens is 408 g/mol. The molecule has 8 nitrogen and oxygen atoms in total. The number of nitrogens with zero attached hydrogens (tertiary/aromatic N) is 4. The minimum absolute atomic E-state index is 0.0789. The lowest BCUT2D eigenvalue weighted by atomic mass is 9.98. The van der Waals surface area contributed by atoms with Crippen LogP contribution in [0.25, 0.3) is 22.5 Å². The van der Waals surface area contributed by atoms with E-state index in [-0.39, 0.29) is 12.4 Å². The molecular formula is C24H28N4O4. The van der Waals surface area contributed by atoms with E-state index in [2.05, 4.69) is 40.7 Å². The van der Waals surface area contributed by atoms with Crippen LogP contribution in [-0.4, -0.2) is 71.6 Å². The summed E-state index contributed by atoms with van der Waals surface area (Å²) in [6.45, 7) is 2.20. The van der Waals surface area contributed by atoms with Gasteiger partial charge in [-0.15, -0.1) is 0 Å². The molecule has 1 aliphatic rings. The largest absolute Gasteiger partial charge is 0.496 e. The fourth-order valence-electron chi connectivity index (χ4n) is 3.76. The zero-order valence-electron chi connectivity index (χ0n) is 18.8. The molecule has 0 saturated heterocycles. The van der Waals surface area contributed by atoms with Crippen molar-refractivity contribution in [2.75, 3.05) is 34.8 Å². The highest BCUT2D eigenvalue weighted by molar-refractivity contribution is 5.99. The number of aromatic nitrogens is 2. The van der Waals surface area contributed by atoms with E-state index in [0.717, 1.165) is 52.5 Å². The van der Waals surface area contributed by atoms with Gasteiger partial charge in [0.1, 0.15) is 11.6 Å². The number of ether oxygens (including phenoxy) is 1. The number of likely N-dealkylation sites (N-methyl/N-ethyl adjacent to an activating group) is 1. The number of fused-ring (bicyclic) bond motifs is 1. The summed E-state index contributed by atoms with van der Waals surface area (Å²) >= 11 is 0. The van der Waals surface area contributed by atoms with Gasteiger partial charge in [-0.2, -0.15) is 0 Å². The molecule has 4 rings (SSSR count). The topological polar surface area (TPSA) is 87.9 Å². The Morgan fingerprint density at radius 1 is 1.16 bits per heavy atom. The third-order valence-corrected chi connectivity index (χ3v) is 5.36. The van der Waals surface area contributed by atoms with Crippen molar-refractivity contribution < 1.29 is 19.4 Å². The van der Waals surface area contributed by atoms with Gasteiger partial charge in [-0.25, -0.2) is 4.98 Å². The van der Waals surface area contributed by atoms with Crippen molar-refractivity contribution in [2.24, 2.45) is 0 Å². The maximum atomic E-state index is 12.2. The van der Waals surface area contributed by atoms with Crippen LogP contribution in [0.5, 0.6) is 5.75 Å². The second kappa shape index (κ2) is 10.1. The summed E-state index contributed by atoms with van der Waals surface area (Å²) in [7, 11) is 7.65. The number of carbonyl (C=O) groups is 2. The van der Waals surface area contributed by atoms with Crippen LogP contribution in [0.1, 0.15) is 15.9 Å². The minimum atomic E-state index is -0.250. The molecule has 1 N–H and O–H groups in total. The average Bonchev–Trinajstić information content (AvgIpc) is 3.36. The molecule has 0 atom stereocenters. The van der Waals surface area contributed by atoms with Gasteiger partial charge in [0, 0.05) is 55.8 Å². The highest BCUT2D eigenvalue weighted by Crippen LogP contribution is 2.36. The molecule has 32 heavy (non-hydrogen) atoms. The summed E-state index contributed by atoms with van der Waals surface area (Å²) in [5.41, 5.74) is 4.91. The Morgan fingerprint density at radius 2 is 1.88 bits per heavy atom. The normalized spacial score (nSPS) is 12.4. The summed E-state index contributed by atoms with van der Waals surface area (Å²) in [6.07, 6.45) is 3.85. The number of hydrogen-bond acceptors (Lipinski definition) is 5. The van der Waals surface area contributed by atoms with E-state index in [9.17, 15) is 4.79 Å². The predicted octanol–water partition coefficient (Wildman–Crippen LogP) is 3.07. The second-order valence-corrected chi connectivity index (χ2v) is 7.80. The molecule has 0 saturated carbocycles. The molecule has 8 heteroatoms. The number of carbonyl (C=O) groups excluding carboxylic acids is 1. The Hall–Kier alpha value is -3.65. The van der Waals surface area contributed by atoms with Crippen molar-refractivity contribution in [2.45, 2.75) is 13.1 Å². The Bertz CT molecular complexity index is 1110. The fraction of sp³-hybridized carbons (Fsp3) is 0.292. The van der Waals surface area contributed by atoms with Gasteiger partial charge in [0.05, 0.1) is 7.11 Å². The van der Waals surface area contributed by atoms with Gasteiger partial charge >= 0.3 is 0 Å². The van der Waals surface area contributed by atoms with Gasteiger partial charge in [-0.1, -0.05) is 6.07 Å². The first-order valence-corrected chi connectivity index (χ1v) is 10.2. The minimum Gasteiger partial charge on any atom is -0.496 e. The Kier molecular flexibility index (Phi) is 7.27. The first-order valence-electron chi connectivity index (χ1n) is 10.2. The highest BCUT2D eigenvalue weighted by atomic mass is 16.5. The molecule has 1 amide bonds. The quantitative estimate of drug-likeness (QED) is 0.598. The zero-order chi connectivity index (χ0) is 23.3. The van der Waals surface area contributed by atoms with Crippen molar-refractivity contribution >= 4 is 12.4 Å². The number of benzene rings is 2. The number of imidazole rings is 1. The van der Waals surface area contributed by atoms with Gasteiger partial charge in [0.15, 0.2) is 0 Å². The summed E-state index contributed by atoms with van der Waals surface area (Å²) < 4.78 is 7.80. The summed E-state index contributed by atoms with van der Waals surface area (Å²) in [5.74, 6) is 1.82. The lowest BCUT2D eigenvalue weighted by Gasteiger charge is -2.14. The van der Waals surface area contributed by atoms with Gasteiger partial charge < -0.3 is 24.2 Å². The van der Waals surface area contributed by atoms with Crippen LogP contribution >= 0.6 is 0 Å². The van der Waals surface area contributed by atoms with Crippen molar-refractivity contribution in [3.63, 3.8) is 0 Å². The summed E-state index contributed by atoms with van der Waals surface area (Å²) in [6, 6.07) is 12.2. The maximum absolute atomic E-state index is 12.2. The molecule has 0 radical (unpaired) electrons. The molecule has 1 aliphatic heterocycles. The summed E-state index contributed by atoms with van der Waals surface area (Å²) in [5, 5.41) is 6.89. The van der Waals surface area contributed by atoms with E-state index in [1.54, 1.807) is 12.0 Å². The van der Waals surface area contributed by atoms with Gasteiger partial charge in [0.25, 0.3) is 12.4 Å². The van der Waals surface area contributed by atoms with E-state index in [4.69, 9.17) is 14.6 Å². The number of methoxy groups -OCH3 is 1. The van der Waals surface area contributed by atoms with Gasteiger partial charge in [-0.05, 0) is 55.6 Å². The van der Waals surface area contributed by atoms with E-state index in [1.165, 1.54) is 0 Å². The lowest BCUT2D eigenvalue weighted by Crippen LogP contribution is -2.18. The number of hydrogen-bond donors (Lipinski definition) is 1. The monoisotopic (exact) mass is 436 g/mol. The van der Waals surface area contributed by atoms with Crippen molar-refractivity contribution in [1.82, 2.24) is 19.4 Å². The third kappa shape index (κ3) is 4.81. The predicted molar refractivity (Wildman–Crippen MR) is 123 cm³/mol. The molecule has 0 fully saturated rings. The number of rotatable bonds is 6. The van der Waals surface area contributed by atoms with Gasteiger partial charge in [0.2, 0.25) is 0 Å². The third-order valence-electron chi connectivity index (χ3n) is 5.36. The highest BCUT2D eigenvalue weighted by Gasteiger charge is 2.25. The standard InChI is InChI=1S/C23H26N4O2.CH2O2/c1-25(2)11-12-27-10-9-24-22(27)17-6-8-21(29-4)20(14-17)16-5-7-19-18(13-16)15-26(3)23(19)28;2-1-3/h5-10,13-14H,11-12,15H2,1-4H3;1H,(H,2,3). The fourth-order valence-corrected chi connectivity index (χ4v) is 3.76. The van der Waals surface area contributed by atoms with Crippen LogP contribution in [0, 0.1) is 0 Å². The first kappa shape index (κ1) is 23.0. The molecule has 2 aromatic carbocycles. The van der Waals surface area contributed by atoms with Crippen LogP contribution in [0.3, 0.4) is 0 Å². The zero-order valence-corrected chi connectivity index (χ0v) is 18.8. The molecule has 0 unspecified atom stereocenters. The molecule has 168 valence electrons. The van der Waals surface area contributed by atoms with E-state index in [0.29, 0.717) is 6.54 Å². The molecule has 0 bridgehead atoms.